The van der Waals surface area contributed by atoms with E-state index < -0.39 is 0 Å². The van der Waals surface area contributed by atoms with Crippen molar-refractivity contribution in [3.63, 3.8) is 0 Å². The van der Waals surface area contributed by atoms with Crippen molar-refractivity contribution < 1.29 is 0 Å². The van der Waals surface area contributed by atoms with Crippen LogP contribution in [0.15, 0.2) is 0 Å². The molecule has 2 nitrogen and oxygen atoms in total. The number of piperidine rings is 1. The van der Waals surface area contributed by atoms with E-state index in [1.165, 1.54) is 45.2 Å². The first-order valence-corrected chi connectivity index (χ1v) is 8.47. The molecule has 19 heavy (non-hydrogen) atoms. The van der Waals surface area contributed by atoms with Crippen LogP contribution < -0.4 is 5.73 Å². The van der Waals surface area contributed by atoms with Crippen LogP contribution in [0.3, 0.4) is 0 Å². The van der Waals surface area contributed by atoms with Crippen LogP contribution in [-0.4, -0.2) is 30.1 Å². The third-order valence-electron chi connectivity index (χ3n) is 5.74. The van der Waals surface area contributed by atoms with Gasteiger partial charge in [0.15, 0.2) is 0 Å². The van der Waals surface area contributed by atoms with E-state index in [1.807, 2.05) is 0 Å². The van der Waals surface area contributed by atoms with Gasteiger partial charge in [-0.1, -0.05) is 20.8 Å². The standard InChI is InChI=1S/C17H34N2/c1-12(2)15-7-8-17(18)16(9-15)11-19-10-13(3)5-6-14(19)4/h12-17H,5-11,18H2,1-4H3. The second-order valence-corrected chi connectivity index (χ2v) is 7.73. The third kappa shape index (κ3) is 3.95. The van der Waals surface area contributed by atoms with E-state index in [1.54, 1.807) is 0 Å². The number of hydrogen-bond donors (Lipinski definition) is 1. The molecule has 112 valence electrons. The minimum atomic E-state index is 0.444. The van der Waals surface area contributed by atoms with Gasteiger partial charge >= 0.3 is 0 Å². The highest BCUT2D eigenvalue weighted by Gasteiger charge is 2.33. The molecule has 0 aromatic rings. The Hall–Kier alpha value is -0.0800. The van der Waals surface area contributed by atoms with Crippen molar-refractivity contribution in [2.75, 3.05) is 13.1 Å². The van der Waals surface area contributed by atoms with E-state index in [0.29, 0.717) is 6.04 Å². The monoisotopic (exact) mass is 266 g/mol. The number of rotatable bonds is 3. The molecule has 2 fully saturated rings. The van der Waals surface area contributed by atoms with Crippen molar-refractivity contribution >= 4 is 0 Å². The molecule has 1 aliphatic heterocycles. The van der Waals surface area contributed by atoms with Crippen molar-refractivity contribution in [2.45, 2.75) is 71.9 Å². The minimum Gasteiger partial charge on any atom is -0.327 e. The molecule has 0 radical (unpaired) electrons. The SMILES string of the molecule is CC1CCC(C)N(CC2CC(C(C)C)CCC2N)C1. The van der Waals surface area contributed by atoms with Crippen molar-refractivity contribution in [1.29, 1.82) is 0 Å². The molecule has 0 aromatic heterocycles. The van der Waals surface area contributed by atoms with Crippen molar-refractivity contribution in [3.05, 3.63) is 0 Å². The molecule has 2 aliphatic rings. The summed E-state index contributed by atoms with van der Waals surface area (Å²) in [5.41, 5.74) is 6.41. The molecule has 0 amide bonds. The molecule has 1 saturated carbocycles. The molecule has 2 heteroatoms. The highest BCUT2D eigenvalue weighted by molar-refractivity contribution is 4.88. The summed E-state index contributed by atoms with van der Waals surface area (Å²) in [4.78, 5) is 2.72. The van der Waals surface area contributed by atoms with Gasteiger partial charge in [-0.25, -0.2) is 0 Å². The number of likely N-dealkylation sites (tertiary alicyclic amines) is 1. The van der Waals surface area contributed by atoms with Gasteiger partial charge in [0.25, 0.3) is 0 Å². The minimum absolute atomic E-state index is 0.444. The quantitative estimate of drug-likeness (QED) is 0.847. The van der Waals surface area contributed by atoms with E-state index in [2.05, 4.69) is 32.6 Å². The molecular formula is C17H34N2. The summed E-state index contributed by atoms with van der Waals surface area (Å²) in [5, 5.41) is 0. The average molecular weight is 266 g/mol. The van der Waals surface area contributed by atoms with Gasteiger partial charge in [0.2, 0.25) is 0 Å². The Labute approximate surface area is 120 Å². The lowest BCUT2D eigenvalue weighted by molar-refractivity contribution is 0.0742. The smallest absolute Gasteiger partial charge is 0.00795 e. The van der Waals surface area contributed by atoms with Crippen LogP contribution in [0.1, 0.15) is 59.8 Å². The lowest BCUT2D eigenvalue weighted by Gasteiger charge is -2.43. The summed E-state index contributed by atoms with van der Waals surface area (Å²) in [7, 11) is 0. The van der Waals surface area contributed by atoms with Gasteiger partial charge in [-0.05, 0) is 62.7 Å². The van der Waals surface area contributed by atoms with Gasteiger partial charge < -0.3 is 10.6 Å². The Balaban J connectivity index is 1.92. The fraction of sp³-hybridized carbons (Fsp3) is 1.00. The fourth-order valence-electron chi connectivity index (χ4n) is 4.07. The predicted octanol–water partition coefficient (Wildman–Crippen LogP) is 3.51. The normalized spacial score (nSPS) is 41.7. The van der Waals surface area contributed by atoms with Gasteiger partial charge in [-0.15, -0.1) is 0 Å². The van der Waals surface area contributed by atoms with Crippen LogP contribution in [0.4, 0.5) is 0 Å². The highest BCUT2D eigenvalue weighted by atomic mass is 15.2. The topological polar surface area (TPSA) is 29.3 Å². The molecule has 5 unspecified atom stereocenters. The fourth-order valence-corrected chi connectivity index (χ4v) is 4.07. The van der Waals surface area contributed by atoms with E-state index in [0.717, 1.165) is 29.7 Å². The van der Waals surface area contributed by atoms with Crippen LogP contribution in [0, 0.1) is 23.7 Å². The first-order valence-electron chi connectivity index (χ1n) is 8.47. The van der Waals surface area contributed by atoms with Crippen LogP contribution in [0.25, 0.3) is 0 Å². The van der Waals surface area contributed by atoms with E-state index in [4.69, 9.17) is 5.73 Å². The molecule has 0 bridgehead atoms. The second kappa shape index (κ2) is 6.58. The zero-order chi connectivity index (χ0) is 14.0. The Morgan fingerprint density at radius 1 is 1.11 bits per heavy atom. The Morgan fingerprint density at radius 2 is 1.84 bits per heavy atom. The largest absolute Gasteiger partial charge is 0.327 e. The zero-order valence-corrected chi connectivity index (χ0v) is 13.4. The second-order valence-electron chi connectivity index (χ2n) is 7.73. The molecule has 1 heterocycles. The summed E-state index contributed by atoms with van der Waals surface area (Å²) in [6.45, 7) is 12.1. The van der Waals surface area contributed by atoms with Crippen LogP contribution in [0.2, 0.25) is 0 Å². The third-order valence-corrected chi connectivity index (χ3v) is 5.74. The maximum Gasteiger partial charge on any atom is 0.00795 e. The van der Waals surface area contributed by atoms with Crippen molar-refractivity contribution in [3.8, 4) is 0 Å². The maximum atomic E-state index is 6.41. The molecule has 1 aliphatic carbocycles. The lowest BCUT2D eigenvalue weighted by atomic mass is 9.73. The number of hydrogen-bond acceptors (Lipinski definition) is 2. The van der Waals surface area contributed by atoms with E-state index in [9.17, 15) is 0 Å². The molecule has 5 atom stereocenters. The summed E-state index contributed by atoms with van der Waals surface area (Å²) in [6, 6.07) is 1.21. The first-order chi connectivity index (χ1) is 8.97. The van der Waals surface area contributed by atoms with E-state index in [-0.39, 0.29) is 0 Å². The maximum absolute atomic E-state index is 6.41. The molecule has 1 saturated heterocycles. The van der Waals surface area contributed by atoms with Gasteiger partial charge in [0.05, 0.1) is 0 Å². The molecule has 2 N–H and O–H groups in total. The summed E-state index contributed by atoms with van der Waals surface area (Å²) in [6.07, 6.45) is 6.72. The predicted molar refractivity (Wildman–Crippen MR) is 83.1 cm³/mol. The Bertz CT molecular complexity index is 276. The van der Waals surface area contributed by atoms with Gasteiger partial charge in [0, 0.05) is 25.2 Å². The molecule has 0 aromatic carbocycles. The Kier molecular flexibility index (Phi) is 5.30. The van der Waals surface area contributed by atoms with Crippen LogP contribution in [-0.2, 0) is 0 Å². The van der Waals surface area contributed by atoms with Crippen LogP contribution >= 0.6 is 0 Å². The highest BCUT2D eigenvalue weighted by Crippen LogP contribution is 2.34. The summed E-state index contributed by atoms with van der Waals surface area (Å²) >= 11 is 0. The van der Waals surface area contributed by atoms with Gasteiger partial charge in [0.1, 0.15) is 0 Å². The zero-order valence-electron chi connectivity index (χ0n) is 13.4. The molecule has 2 rings (SSSR count). The van der Waals surface area contributed by atoms with Gasteiger partial charge in [-0.3, -0.25) is 0 Å². The lowest BCUT2D eigenvalue weighted by Crippen LogP contribution is -2.49. The molecule has 0 spiro atoms. The number of nitrogens with zero attached hydrogens (tertiary/aromatic N) is 1. The van der Waals surface area contributed by atoms with Crippen molar-refractivity contribution in [2.24, 2.45) is 29.4 Å². The van der Waals surface area contributed by atoms with E-state index >= 15 is 0 Å². The van der Waals surface area contributed by atoms with Crippen molar-refractivity contribution in [1.82, 2.24) is 4.90 Å². The van der Waals surface area contributed by atoms with Crippen LogP contribution in [0.5, 0.6) is 0 Å². The summed E-state index contributed by atoms with van der Waals surface area (Å²) < 4.78 is 0. The van der Waals surface area contributed by atoms with Gasteiger partial charge in [-0.2, -0.15) is 0 Å². The number of nitrogens with two attached hydrogens (primary N) is 1. The Morgan fingerprint density at radius 3 is 2.53 bits per heavy atom. The first kappa shape index (κ1) is 15.3. The summed E-state index contributed by atoms with van der Waals surface area (Å²) in [5.74, 6) is 3.33. The average Bonchev–Trinajstić information content (AvgIpc) is 2.36. The molecular weight excluding hydrogens is 232 g/mol.